The Bertz CT molecular complexity index is 2320. The quantitative estimate of drug-likeness (QED) is 0.0169. The average Bonchev–Trinajstić information content (AvgIpc) is 0.988. The molecule has 0 aromatic rings. The van der Waals surface area contributed by atoms with Crippen LogP contribution in [0.3, 0.4) is 0 Å². The van der Waals surface area contributed by atoms with Crippen molar-refractivity contribution in [2.75, 3.05) is 39.6 Å². The number of ether oxygens (including phenoxy) is 4. The molecule has 3 N–H and O–H groups in total. The molecular weight excluding hydrogens is 1310 g/mol. The van der Waals surface area contributed by atoms with E-state index in [1.165, 1.54) is 89.9 Å². The number of carbonyl (C=O) groups is 4. The second-order valence-electron chi connectivity index (χ2n) is 25.9. The average molecular weight is 1450 g/mol. The van der Waals surface area contributed by atoms with Crippen LogP contribution in [-0.4, -0.2) is 96.7 Å². The molecule has 5 unspecified atom stereocenters. The van der Waals surface area contributed by atoms with Gasteiger partial charge in [0.1, 0.15) is 19.3 Å². The van der Waals surface area contributed by atoms with Gasteiger partial charge in [0.05, 0.1) is 32.8 Å². The van der Waals surface area contributed by atoms with Crippen LogP contribution >= 0.6 is 15.6 Å². The standard InChI is InChI=1S/C81H140O17P2/c1-5-9-13-17-21-25-29-33-36-37-40-43-46-50-54-58-62-66-79(84)92-71-76(97-80(85)67-63-59-55-51-47-41-32-28-24-20-16-12-8-4)73-95-99(87,88)93-69-75(82)70-94-100(89,90)96-74-77(98-81(86)68-64-60-56-52-48-44-39-35-31-27-23-19-15-11-7-3)72-91-78(83)65-61-57-53-49-45-42-38-34-30-26-22-18-14-10-6-2/h9-10,13-14,21-22,25-26,33-36,38-39,45,49,57,61,75-77,82H,5-8,11-12,15-20,23-24,27-32,37,40-44,46-48,50-56,58-60,62-74H2,1-4H3,(H,87,88)(H,89,90)/b13-9-,14-10-,25-21-,26-22-,36-33-,38-34-,39-35-,49-45-,61-57-. The van der Waals surface area contributed by atoms with Gasteiger partial charge in [-0.3, -0.25) is 37.3 Å². The summed E-state index contributed by atoms with van der Waals surface area (Å²) in [5, 5.41) is 10.6. The van der Waals surface area contributed by atoms with Gasteiger partial charge in [0, 0.05) is 19.3 Å². The van der Waals surface area contributed by atoms with Gasteiger partial charge in [0.25, 0.3) is 0 Å². The summed E-state index contributed by atoms with van der Waals surface area (Å²) in [6.07, 6.45) is 78.2. The third-order valence-corrected chi connectivity index (χ3v) is 18.2. The van der Waals surface area contributed by atoms with Crippen molar-refractivity contribution in [2.24, 2.45) is 0 Å². The van der Waals surface area contributed by atoms with Crippen molar-refractivity contribution in [3.63, 3.8) is 0 Å². The summed E-state index contributed by atoms with van der Waals surface area (Å²) < 4.78 is 68.4. The third-order valence-electron chi connectivity index (χ3n) is 16.3. The van der Waals surface area contributed by atoms with Crippen LogP contribution in [0.4, 0.5) is 0 Å². The van der Waals surface area contributed by atoms with Gasteiger partial charge in [0.15, 0.2) is 12.2 Å². The van der Waals surface area contributed by atoms with E-state index in [1.807, 2.05) is 18.2 Å². The van der Waals surface area contributed by atoms with Crippen LogP contribution in [0.1, 0.15) is 323 Å². The van der Waals surface area contributed by atoms with Crippen molar-refractivity contribution in [3.05, 3.63) is 109 Å². The number of esters is 4. The molecule has 576 valence electrons. The Balaban J connectivity index is 5.40. The maximum absolute atomic E-state index is 13.1. The lowest BCUT2D eigenvalue weighted by atomic mass is 10.0. The molecule has 19 heteroatoms. The summed E-state index contributed by atoms with van der Waals surface area (Å²) in [6.45, 7) is 4.54. The Kier molecular flexibility index (Phi) is 69.9. The maximum atomic E-state index is 13.1. The summed E-state index contributed by atoms with van der Waals surface area (Å²) in [5.74, 6) is -2.33. The smallest absolute Gasteiger partial charge is 0.462 e. The molecule has 0 radical (unpaired) electrons. The normalized spacial score (nSPS) is 14.5. The topological polar surface area (TPSA) is 237 Å². The number of aliphatic hydroxyl groups is 1. The first kappa shape index (κ1) is 95.7. The van der Waals surface area contributed by atoms with Gasteiger partial charge in [-0.25, -0.2) is 9.13 Å². The second kappa shape index (κ2) is 73.0. The first-order chi connectivity index (χ1) is 48.7. The Hall–Kier alpha value is -4.28. The van der Waals surface area contributed by atoms with E-state index in [4.69, 9.17) is 37.0 Å². The van der Waals surface area contributed by atoms with Crippen LogP contribution in [0.15, 0.2) is 109 Å². The van der Waals surface area contributed by atoms with Crippen molar-refractivity contribution in [1.29, 1.82) is 0 Å². The summed E-state index contributed by atoms with van der Waals surface area (Å²) in [6, 6.07) is 0. The number of phosphoric ester groups is 2. The van der Waals surface area contributed by atoms with Crippen molar-refractivity contribution in [2.45, 2.75) is 341 Å². The van der Waals surface area contributed by atoms with E-state index < -0.39 is 97.5 Å². The fourth-order valence-electron chi connectivity index (χ4n) is 10.4. The Labute approximate surface area is 607 Å². The minimum atomic E-state index is -5.00. The molecule has 100 heavy (non-hydrogen) atoms. The summed E-state index contributed by atoms with van der Waals surface area (Å²) in [4.78, 5) is 72.9. The number of carbonyl (C=O) groups excluding carboxylic acids is 4. The van der Waals surface area contributed by atoms with E-state index in [9.17, 15) is 43.2 Å². The van der Waals surface area contributed by atoms with Crippen LogP contribution in [0.25, 0.3) is 0 Å². The van der Waals surface area contributed by atoms with Gasteiger partial charge in [-0.1, -0.05) is 298 Å². The van der Waals surface area contributed by atoms with Crippen molar-refractivity contribution in [3.8, 4) is 0 Å². The molecule has 0 spiro atoms. The lowest BCUT2D eigenvalue weighted by Gasteiger charge is -2.21. The van der Waals surface area contributed by atoms with E-state index in [0.717, 1.165) is 154 Å². The predicted octanol–water partition coefficient (Wildman–Crippen LogP) is 22.6. The molecule has 0 heterocycles. The molecule has 0 saturated heterocycles. The summed E-state index contributed by atoms with van der Waals surface area (Å²) in [7, 11) is -9.98. The van der Waals surface area contributed by atoms with Crippen molar-refractivity contribution in [1.82, 2.24) is 0 Å². The molecule has 0 aromatic heterocycles. The minimum Gasteiger partial charge on any atom is -0.462 e. The van der Waals surface area contributed by atoms with Gasteiger partial charge in [-0.05, 0) is 109 Å². The van der Waals surface area contributed by atoms with Gasteiger partial charge in [-0.2, -0.15) is 0 Å². The van der Waals surface area contributed by atoms with E-state index in [1.54, 1.807) is 6.08 Å². The van der Waals surface area contributed by atoms with Crippen LogP contribution in [0.5, 0.6) is 0 Å². The molecule has 0 rings (SSSR count). The Morgan fingerprint density at radius 2 is 0.560 bits per heavy atom. The lowest BCUT2D eigenvalue weighted by Crippen LogP contribution is -2.30. The fraction of sp³-hybridized carbons (Fsp3) is 0.728. The largest absolute Gasteiger partial charge is 0.472 e. The molecule has 0 aromatic carbocycles. The molecule has 0 aliphatic carbocycles. The molecule has 0 aliphatic rings. The van der Waals surface area contributed by atoms with Gasteiger partial charge in [-0.15, -0.1) is 0 Å². The molecule has 0 aliphatic heterocycles. The number of rotatable bonds is 73. The Morgan fingerprint density at radius 3 is 0.900 bits per heavy atom. The van der Waals surface area contributed by atoms with Crippen LogP contribution < -0.4 is 0 Å². The lowest BCUT2D eigenvalue weighted by molar-refractivity contribution is -0.161. The van der Waals surface area contributed by atoms with E-state index in [2.05, 4.69) is 113 Å². The maximum Gasteiger partial charge on any atom is 0.472 e. The number of aliphatic hydroxyl groups excluding tert-OH is 1. The molecular formula is C81H140O17P2. The van der Waals surface area contributed by atoms with E-state index in [0.29, 0.717) is 25.7 Å². The van der Waals surface area contributed by atoms with Crippen LogP contribution in [-0.2, 0) is 65.4 Å². The van der Waals surface area contributed by atoms with E-state index in [-0.39, 0.29) is 25.7 Å². The number of unbranched alkanes of at least 4 members (excludes halogenated alkanes) is 30. The second-order valence-corrected chi connectivity index (χ2v) is 28.8. The van der Waals surface area contributed by atoms with Gasteiger partial charge < -0.3 is 33.8 Å². The highest BCUT2D eigenvalue weighted by molar-refractivity contribution is 7.47. The SMILES string of the molecule is CC/C=C\C/C=C\C/C=C\C/C=C\C/C=C\CC(=O)OCC(COP(=O)(O)OCC(O)COP(=O)(O)OCC(COC(=O)CCCCCCCCC/C=C\C/C=C\C/C=C\CC)OC(=O)CCCCCCCCCCCCCCC)OC(=O)CCCCCCC/C=C\CCCCCCCC. The zero-order valence-corrected chi connectivity index (χ0v) is 64.6. The minimum absolute atomic E-state index is 0.0656. The molecule has 0 amide bonds. The van der Waals surface area contributed by atoms with Crippen molar-refractivity contribution < 1.29 is 80.2 Å². The summed E-state index contributed by atoms with van der Waals surface area (Å²) in [5.41, 5.74) is 0. The number of allylic oxidation sites excluding steroid dienone is 17. The highest BCUT2D eigenvalue weighted by atomic mass is 31.2. The number of phosphoric acid groups is 2. The monoisotopic (exact) mass is 1450 g/mol. The first-order valence-electron chi connectivity index (χ1n) is 39.1. The van der Waals surface area contributed by atoms with Crippen LogP contribution in [0.2, 0.25) is 0 Å². The highest BCUT2D eigenvalue weighted by Crippen LogP contribution is 2.45. The highest BCUT2D eigenvalue weighted by Gasteiger charge is 2.30. The van der Waals surface area contributed by atoms with Gasteiger partial charge >= 0.3 is 39.5 Å². The molecule has 0 bridgehead atoms. The predicted molar refractivity (Wildman–Crippen MR) is 408 cm³/mol. The number of hydrogen-bond acceptors (Lipinski definition) is 15. The molecule has 17 nitrogen and oxygen atoms in total. The number of hydrogen-bond donors (Lipinski definition) is 3. The molecule has 0 saturated carbocycles. The van der Waals surface area contributed by atoms with Gasteiger partial charge in [0.2, 0.25) is 0 Å². The molecule has 0 fully saturated rings. The summed E-state index contributed by atoms with van der Waals surface area (Å²) >= 11 is 0. The van der Waals surface area contributed by atoms with E-state index >= 15 is 0 Å². The third kappa shape index (κ3) is 72.1. The zero-order chi connectivity index (χ0) is 73.2. The fourth-order valence-corrected chi connectivity index (χ4v) is 11.9. The Morgan fingerprint density at radius 1 is 0.300 bits per heavy atom. The zero-order valence-electron chi connectivity index (χ0n) is 62.8. The van der Waals surface area contributed by atoms with Crippen molar-refractivity contribution >= 4 is 39.5 Å². The first-order valence-corrected chi connectivity index (χ1v) is 42.1. The molecule has 5 atom stereocenters. The van der Waals surface area contributed by atoms with Crippen LogP contribution in [0, 0.1) is 0 Å².